The molecule has 1 aliphatic rings. The molecule has 1 atom stereocenters. The van der Waals surface area contributed by atoms with E-state index < -0.39 is 6.04 Å². The molecule has 4 nitrogen and oxygen atoms in total. The van der Waals surface area contributed by atoms with Gasteiger partial charge in [0.2, 0.25) is 0 Å². The van der Waals surface area contributed by atoms with Crippen LogP contribution < -0.4 is 5.32 Å². The van der Waals surface area contributed by atoms with Crippen LogP contribution in [0.5, 0.6) is 0 Å². The Hall–Kier alpha value is -2.88. The molecule has 0 aliphatic carbocycles. The number of carbonyl (C=O) groups is 2. The fraction of sp³-hybridized carbons (Fsp3) is 0.360. The molecule has 0 radical (unpaired) electrons. The predicted molar refractivity (Wildman–Crippen MR) is 117 cm³/mol. The van der Waals surface area contributed by atoms with Crippen LogP contribution in [0.1, 0.15) is 62.8 Å². The molecule has 0 unspecified atom stereocenters. The van der Waals surface area contributed by atoms with Crippen molar-refractivity contribution in [1.29, 1.82) is 0 Å². The van der Waals surface area contributed by atoms with Gasteiger partial charge in [-0.3, -0.25) is 9.59 Å². The average Bonchev–Trinajstić information content (AvgIpc) is 2.73. The van der Waals surface area contributed by atoms with Crippen molar-refractivity contribution in [1.82, 2.24) is 10.2 Å². The number of amides is 1. The van der Waals surface area contributed by atoms with E-state index in [1.807, 2.05) is 55.5 Å². The van der Waals surface area contributed by atoms with Crippen molar-refractivity contribution in [2.24, 2.45) is 0 Å². The largest absolute Gasteiger partial charge is 0.370 e. The Morgan fingerprint density at radius 2 is 1.72 bits per heavy atom. The lowest BCUT2D eigenvalue weighted by Gasteiger charge is -2.34. The molecule has 29 heavy (non-hydrogen) atoms. The van der Waals surface area contributed by atoms with E-state index in [0.29, 0.717) is 5.57 Å². The van der Waals surface area contributed by atoms with Crippen LogP contribution in [0.3, 0.4) is 0 Å². The van der Waals surface area contributed by atoms with E-state index in [1.54, 1.807) is 0 Å². The maximum Gasteiger partial charge on any atom is 0.254 e. The van der Waals surface area contributed by atoms with Crippen LogP contribution in [0.2, 0.25) is 0 Å². The highest BCUT2D eigenvalue weighted by Gasteiger charge is 2.29. The number of carbonyl (C=O) groups excluding carboxylic acids is 2. The molecule has 2 aromatic rings. The van der Waals surface area contributed by atoms with Gasteiger partial charge in [-0.2, -0.15) is 0 Å². The Morgan fingerprint density at radius 3 is 2.41 bits per heavy atom. The number of nitrogens with one attached hydrogen (secondary N) is 1. The number of unbranched alkanes of at least 4 members (excludes halogenated alkanes) is 2. The molecule has 1 aliphatic heterocycles. The van der Waals surface area contributed by atoms with Gasteiger partial charge in [0.1, 0.15) is 6.04 Å². The Morgan fingerprint density at radius 1 is 1.03 bits per heavy atom. The van der Waals surface area contributed by atoms with E-state index >= 15 is 0 Å². The molecule has 0 saturated carbocycles. The summed E-state index contributed by atoms with van der Waals surface area (Å²) in [5.74, 6) is -0.272. The van der Waals surface area contributed by atoms with Crippen LogP contribution >= 0.6 is 0 Å². The minimum absolute atomic E-state index is 0.0771. The third-order valence-corrected chi connectivity index (χ3v) is 5.56. The first-order valence-corrected chi connectivity index (χ1v) is 10.4. The van der Waals surface area contributed by atoms with Crippen molar-refractivity contribution in [3.05, 3.63) is 77.0 Å². The smallest absolute Gasteiger partial charge is 0.254 e. The summed E-state index contributed by atoms with van der Waals surface area (Å²) in [5, 5.41) is 2.99. The van der Waals surface area contributed by atoms with E-state index in [1.165, 1.54) is 13.3 Å². The Kier molecular flexibility index (Phi) is 6.86. The van der Waals surface area contributed by atoms with Crippen LogP contribution in [0, 0.1) is 0 Å². The molecule has 1 heterocycles. The fourth-order valence-corrected chi connectivity index (χ4v) is 3.93. The zero-order chi connectivity index (χ0) is 20.8. The van der Waals surface area contributed by atoms with E-state index in [0.717, 1.165) is 48.3 Å². The SMILES string of the molecule is CCCCCN1Cc2ccccc2C(C(=O)N[C@H](C(C)=O)c2ccccc2)=C1C. The Labute approximate surface area is 173 Å². The van der Waals surface area contributed by atoms with E-state index in [9.17, 15) is 9.59 Å². The first kappa shape index (κ1) is 20.8. The highest BCUT2D eigenvalue weighted by atomic mass is 16.2. The van der Waals surface area contributed by atoms with Crippen molar-refractivity contribution in [3.8, 4) is 0 Å². The number of Topliss-reactive ketones (excluding diaryl/α,β-unsaturated/α-hetero) is 1. The third kappa shape index (κ3) is 4.76. The molecule has 0 fully saturated rings. The quantitative estimate of drug-likeness (QED) is 0.654. The summed E-state index contributed by atoms with van der Waals surface area (Å²) < 4.78 is 0. The maximum atomic E-state index is 13.4. The van der Waals surface area contributed by atoms with Gasteiger partial charge in [0.25, 0.3) is 5.91 Å². The highest BCUT2D eigenvalue weighted by molar-refractivity contribution is 6.21. The van der Waals surface area contributed by atoms with Crippen LogP contribution in [0.25, 0.3) is 5.57 Å². The van der Waals surface area contributed by atoms with Gasteiger partial charge in [0.05, 0.1) is 5.57 Å². The summed E-state index contributed by atoms with van der Waals surface area (Å²) in [5.41, 5.74) is 4.57. The molecule has 0 spiro atoms. The number of allylic oxidation sites excluding steroid dienone is 1. The number of rotatable bonds is 8. The molecule has 0 bridgehead atoms. The van der Waals surface area contributed by atoms with Gasteiger partial charge >= 0.3 is 0 Å². The summed E-state index contributed by atoms with van der Waals surface area (Å²) in [7, 11) is 0. The molecular weight excluding hydrogens is 360 g/mol. The molecule has 2 aromatic carbocycles. The summed E-state index contributed by atoms with van der Waals surface area (Å²) in [6.07, 6.45) is 3.44. The van der Waals surface area contributed by atoms with Crippen LogP contribution in [0.4, 0.5) is 0 Å². The number of fused-ring (bicyclic) bond motifs is 1. The lowest BCUT2D eigenvalue weighted by molar-refractivity contribution is -0.124. The predicted octanol–water partition coefficient (Wildman–Crippen LogP) is 4.87. The maximum absolute atomic E-state index is 13.4. The number of hydrogen-bond acceptors (Lipinski definition) is 3. The number of benzene rings is 2. The zero-order valence-electron chi connectivity index (χ0n) is 17.6. The highest BCUT2D eigenvalue weighted by Crippen LogP contribution is 2.32. The summed E-state index contributed by atoms with van der Waals surface area (Å²) >= 11 is 0. The van der Waals surface area contributed by atoms with Gasteiger partial charge in [-0.1, -0.05) is 74.4 Å². The molecule has 1 N–H and O–H groups in total. The molecule has 0 saturated heterocycles. The van der Waals surface area contributed by atoms with Crippen LogP contribution in [-0.2, 0) is 16.1 Å². The normalized spacial score (nSPS) is 14.4. The second-order valence-corrected chi connectivity index (χ2v) is 7.67. The first-order chi connectivity index (χ1) is 14.0. The Balaban J connectivity index is 1.92. The van der Waals surface area contributed by atoms with Gasteiger partial charge in [-0.15, -0.1) is 0 Å². The van der Waals surface area contributed by atoms with Gasteiger partial charge in [0, 0.05) is 18.8 Å². The minimum atomic E-state index is -0.647. The second kappa shape index (κ2) is 9.55. The van der Waals surface area contributed by atoms with E-state index in [2.05, 4.69) is 23.2 Å². The molecule has 3 rings (SSSR count). The van der Waals surface area contributed by atoms with Crippen molar-refractivity contribution < 1.29 is 9.59 Å². The zero-order valence-corrected chi connectivity index (χ0v) is 17.6. The van der Waals surface area contributed by atoms with E-state index in [-0.39, 0.29) is 11.7 Å². The number of nitrogens with zero attached hydrogens (tertiary/aromatic N) is 1. The van der Waals surface area contributed by atoms with Crippen molar-refractivity contribution in [3.63, 3.8) is 0 Å². The topological polar surface area (TPSA) is 49.4 Å². The lowest BCUT2D eigenvalue weighted by atomic mass is 9.92. The van der Waals surface area contributed by atoms with Crippen molar-refractivity contribution in [2.75, 3.05) is 6.54 Å². The molecule has 4 heteroatoms. The second-order valence-electron chi connectivity index (χ2n) is 7.67. The summed E-state index contributed by atoms with van der Waals surface area (Å²) in [6.45, 7) is 7.47. The van der Waals surface area contributed by atoms with Crippen molar-refractivity contribution in [2.45, 2.75) is 52.6 Å². The van der Waals surface area contributed by atoms with Gasteiger partial charge in [0.15, 0.2) is 5.78 Å². The molecule has 0 aromatic heterocycles. The monoisotopic (exact) mass is 390 g/mol. The first-order valence-electron chi connectivity index (χ1n) is 10.4. The standard InChI is InChI=1S/C25H30N2O2/c1-4-5-11-16-27-17-21-14-9-10-15-22(21)23(18(27)2)25(29)26-24(19(3)28)20-12-7-6-8-13-20/h6-10,12-15,24H,4-5,11,16-17H2,1-3H3,(H,26,29)/t24-/m1/s1. The van der Waals surface area contributed by atoms with Crippen LogP contribution in [0.15, 0.2) is 60.3 Å². The minimum Gasteiger partial charge on any atom is -0.370 e. The fourth-order valence-electron chi connectivity index (χ4n) is 3.93. The van der Waals surface area contributed by atoms with Crippen molar-refractivity contribution >= 4 is 17.3 Å². The Bertz CT molecular complexity index is 902. The number of hydrogen-bond donors (Lipinski definition) is 1. The molecular formula is C25H30N2O2. The third-order valence-electron chi connectivity index (χ3n) is 5.56. The van der Waals surface area contributed by atoms with Gasteiger partial charge < -0.3 is 10.2 Å². The molecule has 152 valence electrons. The average molecular weight is 391 g/mol. The van der Waals surface area contributed by atoms with Gasteiger partial charge in [-0.25, -0.2) is 0 Å². The van der Waals surface area contributed by atoms with E-state index in [4.69, 9.17) is 0 Å². The number of ketones is 1. The summed E-state index contributed by atoms with van der Waals surface area (Å²) in [6, 6.07) is 16.8. The summed E-state index contributed by atoms with van der Waals surface area (Å²) in [4.78, 5) is 28.0. The molecule has 1 amide bonds. The van der Waals surface area contributed by atoms with Gasteiger partial charge in [-0.05, 0) is 37.0 Å². The van der Waals surface area contributed by atoms with Crippen LogP contribution in [-0.4, -0.2) is 23.1 Å². The lowest BCUT2D eigenvalue weighted by Crippen LogP contribution is -2.37.